The van der Waals surface area contributed by atoms with Gasteiger partial charge in [-0.3, -0.25) is 0 Å². The van der Waals surface area contributed by atoms with E-state index in [0.29, 0.717) is 15.9 Å². The summed E-state index contributed by atoms with van der Waals surface area (Å²) in [5.74, 6) is 0.856. The Bertz CT molecular complexity index is 1080. The van der Waals surface area contributed by atoms with Crippen LogP contribution in [-0.2, 0) is 12.0 Å². The Morgan fingerprint density at radius 1 is 1.07 bits per heavy atom. The van der Waals surface area contributed by atoms with Crippen LogP contribution in [-0.4, -0.2) is 33.3 Å². The highest BCUT2D eigenvalue weighted by Gasteiger charge is 2.58. The predicted octanol–water partition coefficient (Wildman–Crippen LogP) is 2.78. The van der Waals surface area contributed by atoms with Gasteiger partial charge in [-0.05, 0) is 49.5 Å². The molecule has 1 atom stereocenters. The molecule has 1 spiro atoms. The van der Waals surface area contributed by atoms with E-state index in [1.165, 1.54) is 17.3 Å². The molecule has 5 rings (SSSR count). The summed E-state index contributed by atoms with van der Waals surface area (Å²) in [6.45, 7) is 1.88. The monoisotopic (exact) mass is 439 g/mol. The number of nitrogens with zero attached hydrogens (tertiary/aromatic N) is 4. The van der Waals surface area contributed by atoms with Crippen LogP contribution in [0.2, 0.25) is 5.02 Å². The molecule has 0 amide bonds. The van der Waals surface area contributed by atoms with Crippen LogP contribution in [0, 0.1) is 5.41 Å². The van der Waals surface area contributed by atoms with E-state index < -0.39 is 5.54 Å². The van der Waals surface area contributed by atoms with Crippen LogP contribution in [0.25, 0.3) is 0 Å². The van der Waals surface area contributed by atoms with Crippen LogP contribution < -0.4 is 16.8 Å². The van der Waals surface area contributed by atoms with Crippen molar-refractivity contribution in [3.8, 4) is 0 Å². The van der Waals surface area contributed by atoms with Crippen molar-refractivity contribution >= 4 is 29.2 Å². The van der Waals surface area contributed by atoms with E-state index in [4.69, 9.17) is 28.1 Å². The number of aromatic nitrogens is 4. The fourth-order valence-electron chi connectivity index (χ4n) is 4.81. The Balaban J connectivity index is 1.52. The minimum absolute atomic E-state index is 0.110. The van der Waals surface area contributed by atoms with Gasteiger partial charge in [0.2, 0.25) is 0 Å². The highest BCUT2D eigenvalue weighted by Crippen LogP contribution is 2.55. The first-order valence-corrected chi connectivity index (χ1v) is 11.1. The van der Waals surface area contributed by atoms with E-state index in [1.807, 2.05) is 6.07 Å². The number of hydrogen-bond donors (Lipinski definition) is 3. The standard InChI is InChI=1S/C21H22ClN7S/c22-17-15(5-8-26-18(17)23)30-16-12-27-19(29-28-16)21(24)14-4-2-1-3-13(14)11-20(21)6-9-25-10-7-20/h1-5,8,12,25H,6-7,9-11,24H2,(H2,23,26)/t21-/m0/s1. The molecule has 1 aromatic carbocycles. The molecule has 5 N–H and O–H groups in total. The summed E-state index contributed by atoms with van der Waals surface area (Å²) in [6, 6.07) is 10.2. The number of rotatable bonds is 3. The quantitative estimate of drug-likeness (QED) is 0.570. The second-order valence-electron chi connectivity index (χ2n) is 7.90. The number of nitrogens with one attached hydrogen (secondary N) is 1. The summed E-state index contributed by atoms with van der Waals surface area (Å²) in [7, 11) is 0. The molecule has 7 nitrogen and oxygen atoms in total. The number of hydrogen-bond acceptors (Lipinski definition) is 8. The maximum Gasteiger partial charge on any atom is 0.176 e. The molecule has 1 aliphatic heterocycles. The lowest BCUT2D eigenvalue weighted by Gasteiger charge is -2.45. The number of nitrogen functional groups attached to an aromatic ring is 1. The van der Waals surface area contributed by atoms with E-state index >= 15 is 0 Å². The van der Waals surface area contributed by atoms with Crippen LogP contribution >= 0.6 is 23.4 Å². The Kier molecular flexibility index (Phi) is 4.89. The van der Waals surface area contributed by atoms with Crippen molar-refractivity contribution in [2.75, 3.05) is 18.8 Å². The van der Waals surface area contributed by atoms with Crippen molar-refractivity contribution in [3.63, 3.8) is 0 Å². The summed E-state index contributed by atoms with van der Waals surface area (Å²) >= 11 is 7.60. The van der Waals surface area contributed by atoms with Gasteiger partial charge in [-0.15, -0.1) is 10.2 Å². The lowest BCUT2D eigenvalue weighted by molar-refractivity contribution is 0.113. The first-order chi connectivity index (χ1) is 14.5. The van der Waals surface area contributed by atoms with Crippen LogP contribution in [0.15, 0.2) is 52.6 Å². The van der Waals surface area contributed by atoms with Crippen molar-refractivity contribution in [3.05, 3.63) is 64.7 Å². The number of benzene rings is 1. The maximum atomic E-state index is 7.20. The lowest BCUT2D eigenvalue weighted by atomic mass is 9.64. The first-order valence-electron chi connectivity index (χ1n) is 9.89. The zero-order chi connectivity index (χ0) is 20.8. The first kappa shape index (κ1) is 19.7. The largest absolute Gasteiger partial charge is 0.382 e. The van der Waals surface area contributed by atoms with Gasteiger partial charge in [0, 0.05) is 16.5 Å². The average Bonchev–Trinajstić information content (AvgIpc) is 3.01. The minimum Gasteiger partial charge on any atom is -0.382 e. The maximum absolute atomic E-state index is 7.20. The fourth-order valence-corrected chi connectivity index (χ4v) is 5.77. The second-order valence-corrected chi connectivity index (χ2v) is 9.34. The summed E-state index contributed by atoms with van der Waals surface area (Å²) in [5.41, 5.74) is 14.5. The van der Waals surface area contributed by atoms with Gasteiger partial charge in [0.1, 0.15) is 16.4 Å². The van der Waals surface area contributed by atoms with E-state index in [2.05, 4.69) is 38.7 Å². The van der Waals surface area contributed by atoms with E-state index in [0.717, 1.165) is 42.8 Å². The average molecular weight is 440 g/mol. The fraction of sp³-hybridized carbons (Fsp3) is 0.333. The molecule has 2 aromatic heterocycles. The third-order valence-corrected chi connectivity index (χ3v) is 7.82. The van der Waals surface area contributed by atoms with Crippen molar-refractivity contribution in [1.82, 2.24) is 25.5 Å². The predicted molar refractivity (Wildman–Crippen MR) is 117 cm³/mol. The van der Waals surface area contributed by atoms with Crippen molar-refractivity contribution in [1.29, 1.82) is 0 Å². The molecule has 30 heavy (non-hydrogen) atoms. The van der Waals surface area contributed by atoms with E-state index in [9.17, 15) is 0 Å². The Labute approximate surface area is 184 Å². The van der Waals surface area contributed by atoms with Crippen LogP contribution in [0.4, 0.5) is 5.82 Å². The molecule has 0 unspecified atom stereocenters. The van der Waals surface area contributed by atoms with Gasteiger partial charge in [0.25, 0.3) is 0 Å². The molecule has 154 valence electrons. The summed E-state index contributed by atoms with van der Waals surface area (Å²) in [6.07, 6.45) is 6.22. The van der Waals surface area contributed by atoms with Gasteiger partial charge < -0.3 is 16.8 Å². The molecule has 1 fully saturated rings. The van der Waals surface area contributed by atoms with Crippen LogP contribution in [0.5, 0.6) is 0 Å². The van der Waals surface area contributed by atoms with E-state index in [1.54, 1.807) is 18.5 Å². The Morgan fingerprint density at radius 2 is 1.87 bits per heavy atom. The third-order valence-electron chi connectivity index (χ3n) is 6.36. The number of nitrogens with two attached hydrogens (primary N) is 2. The van der Waals surface area contributed by atoms with Crippen molar-refractivity contribution in [2.45, 2.75) is 34.7 Å². The number of halogens is 1. The molecule has 2 aliphatic rings. The number of fused-ring (bicyclic) bond motifs is 1. The SMILES string of the molecule is Nc1nccc(Sc2cnc([C@@]3(N)c4ccccc4CC34CCNCC4)nn2)c1Cl. The molecule has 3 heterocycles. The van der Waals surface area contributed by atoms with Gasteiger partial charge in [-0.1, -0.05) is 47.6 Å². The zero-order valence-corrected chi connectivity index (χ0v) is 17.9. The zero-order valence-electron chi connectivity index (χ0n) is 16.3. The summed E-state index contributed by atoms with van der Waals surface area (Å²) in [4.78, 5) is 9.45. The normalized spacial score (nSPS) is 22.2. The van der Waals surface area contributed by atoms with Gasteiger partial charge in [-0.2, -0.15) is 0 Å². The molecular formula is C21H22ClN7S. The number of piperidine rings is 1. The number of pyridine rings is 1. The molecule has 3 aromatic rings. The van der Waals surface area contributed by atoms with Crippen LogP contribution in [0.3, 0.4) is 0 Å². The topological polar surface area (TPSA) is 116 Å². The third kappa shape index (κ3) is 2.98. The smallest absolute Gasteiger partial charge is 0.176 e. The van der Waals surface area contributed by atoms with Gasteiger partial charge in [0.15, 0.2) is 5.82 Å². The Morgan fingerprint density at radius 3 is 2.63 bits per heavy atom. The molecule has 0 bridgehead atoms. The highest BCUT2D eigenvalue weighted by molar-refractivity contribution is 7.99. The second kappa shape index (κ2) is 7.46. The highest BCUT2D eigenvalue weighted by atomic mass is 35.5. The van der Waals surface area contributed by atoms with Crippen LogP contribution in [0.1, 0.15) is 29.8 Å². The van der Waals surface area contributed by atoms with Gasteiger partial charge in [-0.25, -0.2) is 9.97 Å². The van der Waals surface area contributed by atoms with E-state index in [-0.39, 0.29) is 11.2 Å². The summed E-state index contributed by atoms with van der Waals surface area (Å²) < 4.78 is 0. The molecule has 1 saturated heterocycles. The molecule has 1 aliphatic carbocycles. The van der Waals surface area contributed by atoms with Crippen molar-refractivity contribution in [2.24, 2.45) is 11.1 Å². The minimum atomic E-state index is -0.763. The summed E-state index contributed by atoms with van der Waals surface area (Å²) in [5, 5.41) is 13.4. The Hall–Kier alpha value is -2.26. The van der Waals surface area contributed by atoms with Gasteiger partial charge in [0.05, 0.1) is 11.2 Å². The molecular weight excluding hydrogens is 418 g/mol. The lowest BCUT2D eigenvalue weighted by Crippen LogP contribution is -2.56. The molecule has 0 radical (unpaired) electrons. The number of anilines is 1. The molecule has 9 heteroatoms. The van der Waals surface area contributed by atoms with Crippen molar-refractivity contribution < 1.29 is 0 Å². The van der Waals surface area contributed by atoms with Gasteiger partial charge >= 0.3 is 0 Å². The molecule has 0 saturated carbocycles.